The van der Waals surface area contributed by atoms with Crippen LogP contribution in [0.2, 0.25) is 0 Å². The fourth-order valence-corrected chi connectivity index (χ4v) is 3.90. The summed E-state index contributed by atoms with van der Waals surface area (Å²) in [5.41, 5.74) is 6.35. The molecule has 5 aromatic rings. The molecule has 0 saturated heterocycles. The SMILES string of the molecule is COc1ccccc1-c1n[nH]c2ncc(-c3ccc(-c4cn[nH]c4)c(C(=O)N(C)C)c3)cc12. The van der Waals surface area contributed by atoms with Crippen molar-refractivity contribution in [3.05, 3.63) is 72.7 Å². The Bertz CT molecular complexity index is 1450. The first-order chi connectivity index (χ1) is 16.1. The average molecular weight is 438 g/mol. The molecule has 3 aromatic heterocycles. The molecule has 0 fully saturated rings. The zero-order valence-electron chi connectivity index (χ0n) is 18.5. The predicted octanol–water partition coefficient (Wildman–Crippen LogP) is 4.39. The summed E-state index contributed by atoms with van der Waals surface area (Å²) in [7, 11) is 5.13. The number of nitrogens with zero attached hydrogens (tertiary/aromatic N) is 4. The van der Waals surface area contributed by atoms with E-state index in [-0.39, 0.29) is 5.91 Å². The molecule has 164 valence electrons. The molecule has 0 aliphatic rings. The van der Waals surface area contributed by atoms with Crippen molar-refractivity contribution in [2.45, 2.75) is 0 Å². The Morgan fingerprint density at radius 1 is 0.970 bits per heavy atom. The van der Waals surface area contributed by atoms with Crippen LogP contribution in [0.5, 0.6) is 5.75 Å². The van der Waals surface area contributed by atoms with Crippen molar-refractivity contribution in [3.8, 4) is 39.3 Å². The maximum absolute atomic E-state index is 13.0. The van der Waals surface area contributed by atoms with E-state index in [0.717, 1.165) is 44.6 Å². The summed E-state index contributed by atoms with van der Waals surface area (Å²) in [5, 5.41) is 15.2. The van der Waals surface area contributed by atoms with Gasteiger partial charge in [0.1, 0.15) is 11.4 Å². The standard InChI is InChI=1S/C25H22N6O2/c1-31(2)25(32)20-10-15(8-9-18(20)17-13-27-28-14-17)16-11-21-23(29-30-24(21)26-12-16)19-6-4-5-7-22(19)33-3/h4-14H,1-3H3,(H,27,28)(H,26,29,30). The molecule has 0 bridgehead atoms. The minimum absolute atomic E-state index is 0.0832. The Morgan fingerprint density at radius 2 is 1.82 bits per heavy atom. The van der Waals surface area contributed by atoms with Crippen molar-refractivity contribution in [1.82, 2.24) is 30.3 Å². The lowest BCUT2D eigenvalue weighted by molar-refractivity contribution is 0.0828. The van der Waals surface area contributed by atoms with Crippen LogP contribution in [0.3, 0.4) is 0 Å². The van der Waals surface area contributed by atoms with Gasteiger partial charge in [-0.25, -0.2) is 4.98 Å². The minimum Gasteiger partial charge on any atom is -0.496 e. The van der Waals surface area contributed by atoms with Crippen LogP contribution in [0.1, 0.15) is 10.4 Å². The molecule has 0 spiro atoms. The highest BCUT2D eigenvalue weighted by atomic mass is 16.5. The van der Waals surface area contributed by atoms with Gasteiger partial charge in [0.05, 0.1) is 13.3 Å². The van der Waals surface area contributed by atoms with Gasteiger partial charge >= 0.3 is 0 Å². The van der Waals surface area contributed by atoms with E-state index >= 15 is 0 Å². The van der Waals surface area contributed by atoms with Gasteiger partial charge in [-0.1, -0.05) is 24.3 Å². The Morgan fingerprint density at radius 3 is 2.58 bits per heavy atom. The van der Waals surface area contributed by atoms with Crippen molar-refractivity contribution in [2.24, 2.45) is 0 Å². The van der Waals surface area contributed by atoms with Crippen molar-refractivity contribution in [2.75, 3.05) is 21.2 Å². The van der Waals surface area contributed by atoms with Gasteiger partial charge in [-0.15, -0.1) is 0 Å². The lowest BCUT2D eigenvalue weighted by Gasteiger charge is -2.15. The quantitative estimate of drug-likeness (QED) is 0.424. The monoisotopic (exact) mass is 438 g/mol. The summed E-state index contributed by atoms with van der Waals surface area (Å²) in [6, 6.07) is 15.6. The topological polar surface area (TPSA) is 99.8 Å². The van der Waals surface area contributed by atoms with Gasteiger partial charge in [-0.3, -0.25) is 15.0 Å². The fourth-order valence-electron chi connectivity index (χ4n) is 3.90. The number of benzene rings is 2. The van der Waals surface area contributed by atoms with Crippen molar-refractivity contribution >= 4 is 16.9 Å². The van der Waals surface area contributed by atoms with E-state index < -0.39 is 0 Å². The number of H-pyrrole nitrogens is 2. The molecule has 8 nitrogen and oxygen atoms in total. The maximum Gasteiger partial charge on any atom is 0.253 e. The predicted molar refractivity (Wildman–Crippen MR) is 127 cm³/mol. The van der Waals surface area contributed by atoms with Crippen LogP contribution in [0.25, 0.3) is 44.5 Å². The number of methoxy groups -OCH3 is 1. The third kappa shape index (κ3) is 3.61. The molecular weight excluding hydrogens is 416 g/mol. The van der Waals surface area contributed by atoms with E-state index in [1.165, 1.54) is 0 Å². The highest BCUT2D eigenvalue weighted by Gasteiger charge is 2.18. The van der Waals surface area contributed by atoms with E-state index in [1.807, 2.05) is 48.5 Å². The zero-order valence-corrected chi connectivity index (χ0v) is 18.5. The Labute approximate surface area is 190 Å². The normalized spacial score (nSPS) is 11.0. The molecule has 2 N–H and O–H groups in total. The minimum atomic E-state index is -0.0832. The second-order valence-electron chi connectivity index (χ2n) is 7.84. The molecule has 8 heteroatoms. The van der Waals surface area contributed by atoms with E-state index in [9.17, 15) is 4.79 Å². The molecule has 0 saturated carbocycles. The average Bonchev–Trinajstić information content (AvgIpc) is 3.53. The second kappa shape index (κ2) is 8.23. The van der Waals surface area contributed by atoms with E-state index in [1.54, 1.807) is 44.7 Å². The van der Waals surface area contributed by atoms with Gasteiger partial charge < -0.3 is 9.64 Å². The van der Waals surface area contributed by atoms with Gasteiger partial charge in [-0.05, 0) is 35.4 Å². The lowest BCUT2D eigenvalue weighted by atomic mass is 9.95. The van der Waals surface area contributed by atoms with Gasteiger partial charge in [0, 0.05) is 54.1 Å². The second-order valence-corrected chi connectivity index (χ2v) is 7.84. The first kappa shape index (κ1) is 20.4. The molecule has 0 radical (unpaired) electrons. The molecule has 0 aliphatic carbocycles. The number of pyridine rings is 1. The molecule has 5 rings (SSSR count). The third-order valence-corrected chi connectivity index (χ3v) is 5.58. The van der Waals surface area contributed by atoms with Crippen LogP contribution in [-0.4, -0.2) is 57.4 Å². The van der Waals surface area contributed by atoms with E-state index in [2.05, 4.69) is 25.4 Å². The molecule has 1 amide bonds. The number of fused-ring (bicyclic) bond motifs is 1. The van der Waals surface area contributed by atoms with E-state index in [4.69, 9.17) is 4.74 Å². The maximum atomic E-state index is 13.0. The summed E-state index contributed by atoms with van der Waals surface area (Å²) in [5.74, 6) is 0.653. The molecule has 0 aliphatic heterocycles. The van der Waals surface area contributed by atoms with Gasteiger partial charge in [0.15, 0.2) is 5.65 Å². The van der Waals surface area contributed by atoms with Crippen LogP contribution >= 0.6 is 0 Å². The van der Waals surface area contributed by atoms with E-state index in [0.29, 0.717) is 11.2 Å². The number of carbonyl (C=O) groups excluding carboxylic acids is 1. The number of carbonyl (C=O) groups is 1. The van der Waals surface area contributed by atoms with Crippen molar-refractivity contribution in [3.63, 3.8) is 0 Å². The number of hydrogen-bond acceptors (Lipinski definition) is 5. The van der Waals surface area contributed by atoms with Crippen LogP contribution in [-0.2, 0) is 0 Å². The third-order valence-electron chi connectivity index (χ3n) is 5.58. The number of amides is 1. The highest BCUT2D eigenvalue weighted by molar-refractivity contribution is 6.02. The molecule has 0 atom stereocenters. The zero-order chi connectivity index (χ0) is 22.9. The Balaban J connectivity index is 1.65. The molecule has 3 heterocycles. The number of aromatic amines is 2. The summed E-state index contributed by atoms with van der Waals surface area (Å²) in [6.45, 7) is 0. The number of hydrogen-bond donors (Lipinski definition) is 2. The summed E-state index contributed by atoms with van der Waals surface area (Å²) >= 11 is 0. The van der Waals surface area contributed by atoms with Crippen molar-refractivity contribution in [1.29, 1.82) is 0 Å². The Kier molecular flexibility index (Phi) is 5.10. The fraction of sp³-hybridized carbons (Fsp3) is 0.120. The first-order valence-electron chi connectivity index (χ1n) is 10.4. The van der Waals surface area contributed by atoms with Gasteiger partial charge in [0.2, 0.25) is 0 Å². The molecule has 0 unspecified atom stereocenters. The number of nitrogens with one attached hydrogen (secondary N) is 2. The lowest BCUT2D eigenvalue weighted by Crippen LogP contribution is -2.22. The molecular formula is C25H22N6O2. The van der Waals surface area contributed by atoms with Crippen LogP contribution < -0.4 is 4.74 Å². The summed E-state index contributed by atoms with van der Waals surface area (Å²) in [4.78, 5) is 19.1. The van der Waals surface area contributed by atoms with Crippen molar-refractivity contribution < 1.29 is 9.53 Å². The molecule has 2 aromatic carbocycles. The van der Waals surface area contributed by atoms with Gasteiger partial charge in [-0.2, -0.15) is 10.2 Å². The van der Waals surface area contributed by atoms with Crippen LogP contribution in [0.4, 0.5) is 0 Å². The first-order valence-corrected chi connectivity index (χ1v) is 10.4. The summed E-state index contributed by atoms with van der Waals surface area (Å²) < 4.78 is 5.52. The number of aromatic nitrogens is 5. The van der Waals surface area contributed by atoms with Crippen LogP contribution in [0, 0.1) is 0 Å². The number of para-hydroxylation sites is 1. The Hall–Kier alpha value is -4.46. The number of ether oxygens (including phenoxy) is 1. The number of rotatable bonds is 5. The smallest absolute Gasteiger partial charge is 0.253 e. The van der Waals surface area contributed by atoms with Gasteiger partial charge in [0.25, 0.3) is 5.91 Å². The largest absolute Gasteiger partial charge is 0.496 e. The highest BCUT2D eigenvalue weighted by Crippen LogP contribution is 2.35. The molecule has 33 heavy (non-hydrogen) atoms. The van der Waals surface area contributed by atoms with Crippen LogP contribution in [0.15, 0.2) is 67.1 Å². The summed E-state index contributed by atoms with van der Waals surface area (Å²) in [6.07, 6.45) is 5.27.